The summed E-state index contributed by atoms with van der Waals surface area (Å²) in [6.45, 7) is 8.87. The van der Waals surface area contributed by atoms with Gasteiger partial charge in [0.15, 0.2) is 5.82 Å². The van der Waals surface area contributed by atoms with E-state index in [-0.39, 0.29) is 22.5 Å². The van der Waals surface area contributed by atoms with Crippen LogP contribution < -0.4 is 11.3 Å². The lowest BCUT2D eigenvalue weighted by Crippen LogP contribution is -2.37. The van der Waals surface area contributed by atoms with Gasteiger partial charge in [-0.2, -0.15) is 4.31 Å². The van der Waals surface area contributed by atoms with Crippen LogP contribution in [0.5, 0.6) is 0 Å². The van der Waals surface area contributed by atoms with Crippen LogP contribution in [0.1, 0.15) is 27.7 Å². The quantitative estimate of drug-likeness (QED) is 0.561. The predicted octanol–water partition coefficient (Wildman–Crippen LogP) is 2.43. The van der Waals surface area contributed by atoms with E-state index in [1.807, 2.05) is 27.7 Å². The minimum absolute atomic E-state index is 0.0840. The first-order chi connectivity index (χ1) is 9.68. The second kappa shape index (κ2) is 7.53. The molecule has 0 saturated heterocycles. The maximum absolute atomic E-state index is 12.9. The summed E-state index contributed by atoms with van der Waals surface area (Å²) in [5.74, 6) is 6.00. The molecule has 0 saturated carbocycles. The molecule has 0 unspecified atom stereocenters. The minimum atomic E-state index is -3.66. The molecule has 0 amide bonds. The van der Waals surface area contributed by atoms with Crippen LogP contribution in [0.15, 0.2) is 21.6 Å². The Balaban J connectivity index is 3.30. The SMILES string of the molecule is CC(C)CN(CC(C)C)S(=O)(=O)c1cc(Br)cnc1NN. The zero-order valence-electron chi connectivity index (χ0n) is 12.8. The Kier molecular flexibility index (Phi) is 6.58. The summed E-state index contributed by atoms with van der Waals surface area (Å²) in [5.41, 5.74) is 2.35. The molecule has 120 valence electrons. The summed E-state index contributed by atoms with van der Waals surface area (Å²) in [6, 6.07) is 1.52. The molecule has 0 bridgehead atoms. The highest BCUT2D eigenvalue weighted by molar-refractivity contribution is 9.10. The molecule has 0 atom stereocenters. The molecule has 1 aromatic heterocycles. The second-order valence-electron chi connectivity index (χ2n) is 5.75. The van der Waals surface area contributed by atoms with Crippen molar-refractivity contribution in [1.82, 2.24) is 9.29 Å². The summed E-state index contributed by atoms with van der Waals surface area (Å²) in [5, 5.41) is 0. The van der Waals surface area contributed by atoms with Crippen LogP contribution in [0.2, 0.25) is 0 Å². The van der Waals surface area contributed by atoms with Crippen molar-refractivity contribution in [2.75, 3.05) is 18.5 Å². The summed E-state index contributed by atoms with van der Waals surface area (Å²) >= 11 is 3.25. The van der Waals surface area contributed by atoms with Gasteiger partial charge in [-0.25, -0.2) is 19.2 Å². The lowest BCUT2D eigenvalue weighted by Gasteiger charge is -2.26. The molecule has 1 rings (SSSR count). The molecule has 0 radical (unpaired) electrons. The number of anilines is 1. The molecular formula is C13H23BrN4O2S. The van der Waals surface area contributed by atoms with E-state index in [1.54, 1.807) is 0 Å². The summed E-state index contributed by atoms with van der Waals surface area (Å²) in [4.78, 5) is 4.10. The highest BCUT2D eigenvalue weighted by atomic mass is 79.9. The van der Waals surface area contributed by atoms with Gasteiger partial charge in [0.05, 0.1) is 0 Å². The topological polar surface area (TPSA) is 88.3 Å². The van der Waals surface area contributed by atoms with Gasteiger partial charge in [-0.15, -0.1) is 0 Å². The van der Waals surface area contributed by atoms with Crippen molar-refractivity contribution in [1.29, 1.82) is 0 Å². The largest absolute Gasteiger partial charge is 0.307 e. The number of nitrogens with zero attached hydrogens (tertiary/aromatic N) is 2. The third-order valence-corrected chi connectivity index (χ3v) is 4.99. The van der Waals surface area contributed by atoms with Crippen molar-refractivity contribution in [2.24, 2.45) is 17.7 Å². The van der Waals surface area contributed by atoms with Crippen molar-refractivity contribution in [3.05, 3.63) is 16.7 Å². The van der Waals surface area contributed by atoms with E-state index >= 15 is 0 Å². The Morgan fingerprint density at radius 3 is 2.24 bits per heavy atom. The number of aromatic nitrogens is 1. The van der Waals surface area contributed by atoms with E-state index in [0.717, 1.165) is 0 Å². The normalized spacial score (nSPS) is 12.4. The van der Waals surface area contributed by atoms with Gasteiger partial charge in [0.1, 0.15) is 4.90 Å². The molecule has 0 aliphatic heterocycles. The Bertz CT molecular complexity index is 566. The highest BCUT2D eigenvalue weighted by Gasteiger charge is 2.29. The number of nitrogens with two attached hydrogens (primary N) is 1. The number of halogens is 1. The number of hydrazine groups is 1. The molecule has 0 aliphatic rings. The number of hydrogen-bond acceptors (Lipinski definition) is 5. The van der Waals surface area contributed by atoms with Crippen LogP contribution in [0, 0.1) is 11.8 Å². The number of hydrogen-bond donors (Lipinski definition) is 2. The summed E-state index contributed by atoms with van der Waals surface area (Å²) in [6.07, 6.45) is 1.50. The van der Waals surface area contributed by atoms with Gasteiger partial charge < -0.3 is 5.43 Å². The van der Waals surface area contributed by atoms with E-state index < -0.39 is 10.0 Å². The molecule has 0 aliphatic carbocycles. The van der Waals surface area contributed by atoms with Crippen LogP contribution in [0.3, 0.4) is 0 Å². The van der Waals surface area contributed by atoms with E-state index in [2.05, 4.69) is 26.3 Å². The van der Waals surface area contributed by atoms with Crippen LogP contribution in [-0.4, -0.2) is 30.8 Å². The number of pyridine rings is 1. The standard InChI is InChI=1S/C13H23BrN4O2S/c1-9(2)7-18(8-10(3)4)21(19,20)12-5-11(14)6-16-13(12)17-15/h5-6,9-10H,7-8,15H2,1-4H3,(H,16,17). The first kappa shape index (κ1) is 18.3. The van der Waals surface area contributed by atoms with Crippen molar-refractivity contribution in [2.45, 2.75) is 32.6 Å². The molecule has 1 heterocycles. The Labute approximate surface area is 135 Å². The van der Waals surface area contributed by atoms with E-state index in [4.69, 9.17) is 5.84 Å². The monoisotopic (exact) mass is 378 g/mol. The van der Waals surface area contributed by atoms with Gasteiger partial charge in [0.25, 0.3) is 0 Å². The van der Waals surface area contributed by atoms with Crippen molar-refractivity contribution in [3.8, 4) is 0 Å². The Hall–Kier alpha value is -0.700. The predicted molar refractivity (Wildman–Crippen MR) is 88.2 cm³/mol. The number of rotatable bonds is 7. The lowest BCUT2D eigenvalue weighted by atomic mass is 10.2. The van der Waals surface area contributed by atoms with E-state index in [1.165, 1.54) is 16.6 Å². The average Bonchev–Trinajstić information content (AvgIpc) is 2.36. The van der Waals surface area contributed by atoms with Gasteiger partial charge in [-0.3, -0.25) is 0 Å². The fraction of sp³-hybridized carbons (Fsp3) is 0.615. The van der Waals surface area contributed by atoms with Crippen LogP contribution in [-0.2, 0) is 10.0 Å². The van der Waals surface area contributed by atoms with Gasteiger partial charge in [0.2, 0.25) is 10.0 Å². The van der Waals surface area contributed by atoms with Gasteiger partial charge in [-0.1, -0.05) is 27.7 Å². The fourth-order valence-electron chi connectivity index (χ4n) is 1.95. The average molecular weight is 379 g/mol. The molecule has 3 N–H and O–H groups in total. The lowest BCUT2D eigenvalue weighted by molar-refractivity contribution is 0.333. The van der Waals surface area contributed by atoms with Crippen LogP contribution >= 0.6 is 15.9 Å². The van der Waals surface area contributed by atoms with Gasteiger partial charge >= 0.3 is 0 Å². The molecule has 21 heavy (non-hydrogen) atoms. The van der Waals surface area contributed by atoms with E-state index in [0.29, 0.717) is 17.6 Å². The number of sulfonamides is 1. The maximum Gasteiger partial charge on any atom is 0.246 e. The Morgan fingerprint density at radius 2 is 1.81 bits per heavy atom. The van der Waals surface area contributed by atoms with Crippen molar-refractivity contribution < 1.29 is 8.42 Å². The van der Waals surface area contributed by atoms with Gasteiger partial charge in [-0.05, 0) is 33.8 Å². The molecule has 0 spiro atoms. The molecule has 6 nitrogen and oxygen atoms in total. The number of nitrogen functional groups attached to an aromatic ring is 1. The minimum Gasteiger partial charge on any atom is -0.307 e. The van der Waals surface area contributed by atoms with Gasteiger partial charge in [0, 0.05) is 23.8 Å². The Morgan fingerprint density at radius 1 is 1.29 bits per heavy atom. The summed E-state index contributed by atoms with van der Waals surface area (Å²) in [7, 11) is -3.66. The highest BCUT2D eigenvalue weighted by Crippen LogP contribution is 2.26. The summed E-state index contributed by atoms with van der Waals surface area (Å²) < 4.78 is 27.9. The van der Waals surface area contributed by atoms with Crippen molar-refractivity contribution in [3.63, 3.8) is 0 Å². The van der Waals surface area contributed by atoms with E-state index in [9.17, 15) is 8.42 Å². The van der Waals surface area contributed by atoms with Crippen LogP contribution in [0.4, 0.5) is 5.82 Å². The maximum atomic E-state index is 12.9. The molecule has 1 aromatic rings. The second-order valence-corrected chi connectivity index (χ2v) is 8.58. The van der Waals surface area contributed by atoms with Crippen LogP contribution in [0.25, 0.3) is 0 Å². The zero-order valence-corrected chi connectivity index (χ0v) is 15.2. The molecule has 0 aromatic carbocycles. The fourth-order valence-corrected chi connectivity index (χ4v) is 4.33. The third-order valence-electron chi connectivity index (χ3n) is 2.71. The first-order valence-corrected chi connectivity index (χ1v) is 9.04. The third kappa shape index (κ3) is 4.91. The zero-order chi connectivity index (χ0) is 16.2. The number of nitrogens with one attached hydrogen (secondary N) is 1. The van der Waals surface area contributed by atoms with Crippen molar-refractivity contribution >= 4 is 31.8 Å². The first-order valence-electron chi connectivity index (χ1n) is 6.80. The molecule has 0 fully saturated rings. The smallest absolute Gasteiger partial charge is 0.246 e. The molecule has 8 heteroatoms. The molecular weight excluding hydrogens is 356 g/mol.